The molecule has 6 heteroatoms. The van der Waals surface area contributed by atoms with E-state index in [-0.39, 0.29) is 11.9 Å². The Morgan fingerprint density at radius 1 is 1.00 bits per heavy atom. The summed E-state index contributed by atoms with van der Waals surface area (Å²) in [6.07, 6.45) is 0. The van der Waals surface area contributed by atoms with E-state index < -0.39 is 0 Å². The number of halogens is 1. The molecular weight excluding hydrogens is 233 g/mol. The zero-order chi connectivity index (χ0) is 6.85. The topological polar surface area (TPSA) is 90.7 Å². The van der Waals surface area contributed by atoms with E-state index in [1.54, 1.807) is 0 Å². The van der Waals surface area contributed by atoms with Crippen molar-refractivity contribution in [2.45, 2.75) is 0 Å². The Hall–Kier alpha value is -0.660. The van der Waals surface area contributed by atoms with Gasteiger partial charge in [-0.25, -0.2) is 0 Å². The van der Waals surface area contributed by atoms with Gasteiger partial charge in [0.1, 0.15) is 0 Å². The molecule has 5 nitrogen and oxygen atoms in total. The second-order valence-electron chi connectivity index (χ2n) is 1.32. The molecule has 0 aromatic carbocycles. The maximum Gasteiger partial charge on any atom is 0.225 e. The zero-order valence-electron chi connectivity index (χ0n) is 4.37. The molecule has 0 saturated heterocycles. The van der Waals surface area contributed by atoms with E-state index in [2.05, 4.69) is 15.0 Å². The Labute approximate surface area is 65.0 Å². The van der Waals surface area contributed by atoms with E-state index in [1.165, 1.54) is 0 Å². The molecule has 0 aliphatic rings. The largest absolute Gasteiger partial charge is 0.368 e. The smallest absolute Gasteiger partial charge is 0.225 e. The number of nitrogens with zero attached hydrogens (tertiary/aromatic N) is 3. The molecule has 0 amide bonds. The molecule has 9 heavy (non-hydrogen) atoms. The van der Waals surface area contributed by atoms with Crippen LogP contribution in [0, 0.1) is 3.83 Å². The van der Waals surface area contributed by atoms with Gasteiger partial charge in [-0.2, -0.15) is 15.0 Å². The standard InChI is InChI=1S/C3H4IN5/c4-1-7-2(5)9-3(6)8-1/h(H4,5,6,7,8,9). The van der Waals surface area contributed by atoms with Gasteiger partial charge in [0.2, 0.25) is 11.9 Å². The molecule has 1 heterocycles. The summed E-state index contributed by atoms with van der Waals surface area (Å²) in [6, 6.07) is 0. The number of aromatic nitrogens is 3. The average Bonchev–Trinajstić information content (AvgIpc) is 1.59. The van der Waals surface area contributed by atoms with Gasteiger partial charge in [0, 0.05) is 22.6 Å². The van der Waals surface area contributed by atoms with Gasteiger partial charge in [-0.1, -0.05) is 0 Å². The molecule has 0 aliphatic heterocycles. The molecule has 0 unspecified atom stereocenters. The van der Waals surface area contributed by atoms with Gasteiger partial charge in [0.25, 0.3) is 0 Å². The number of rotatable bonds is 0. The third-order valence-corrected chi connectivity index (χ3v) is 1.13. The molecule has 1 aromatic heterocycles. The Kier molecular flexibility index (Phi) is 1.65. The second kappa shape index (κ2) is 2.29. The van der Waals surface area contributed by atoms with Gasteiger partial charge in [-0.05, 0) is 0 Å². The van der Waals surface area contributed by atoms with Crippen LogP contribution in [-0.2, 0) is 0 Å². The summed E-state index contributed by atoms with van der Waals surface area (Å²) in [5, 5.41) is 0. The van der Waals surface area contributed by atoms with Crippen LogP contribution in [0.3, 0.4) is 0 Å². The van der Waals surface area contributed by atoms with Crippen molar-refractivity contribution in [1.82, 2.24) is 15.0 Å². The van der Waals surface area contributed by atoms with Gasteiger partial charge in [0.15, 0.2) is 3.83 Å². The minimum Gasteiger partial charge on any atom is -0.368 e. The van der Waals surface area contributed by atoms with Crippen molar-refractivity contribution in [2.24, 2.45) is 0 Å². The number of nitrogens with two attached hydrogens (primary N) is 2. The van der Waals surface area contributed by atoms with E-state index in [0.29, 0.717) is 3.83 Å². The van der Waals surface area contributed by atoms with Crippen molar-refractivity contribution in [1.29, 1.82) is 0 Å². The molecule has 0 aliphatic carbocycles. The number of anilines is 2. The number of hydrogen-bond donors (Lipinski definition) is 2. The molecular formula is C3H4IN5. The highest BCUT2D eigenvalue weighted by atomic mass is 127. The molecule has 48 valence electrons. The Morgan fingerprint density at radius 2 is 1.44 bits per heavy atom. The summed E-state index contributed by atoms with van der Waals surface area (Å²) in [7, 11) is 0. The van der Waals surface area contributed by atoms with Crippen LogP contribution in [0.25, 0.3) is 0 Å². The second-order valence-corrected chi connectivity index (χ2v) is 2.29. The van der Waals surface area contributed by atoms with Crippen LogP contribution < -0.4 is 11.5 Å². The Balaban J connectivity index is 3.17. The van der Waals surface area contributed by atoms with E-state index in [9.17, 15) is 0 Å². The molecule has 0 saturated carbocycles. The van der Waals surface area contributed by atoms with Crippen molar-refractivity contribution >= 4 is 34.5 Å². The van der Waals surface area contributed by atoms with Gasteiger partial charge in [-0.3, -0.25) is 0 Å². The minimum absolute atomic E-state index is 0.159. The third-order valence-electron chi connectivity index (χ3n) is 0.643. The SMILES string of the molecule is Nc1nc(N)nc(I)n1. The van der Waals surface area contributed by atoms with Crippen LogP contribution >= 0.6 is 22.6 Å². The molecule has 0 atom stereocenters. The maximum atomic E-state index is 5.21. The molecule has 0 fully saturated rings. The van der Waals surface area contributed by atoms with Crippen LogP contribution in [0.15, 0.2) is 0 Å². The Bertz CT molecular complexity index is 173. The minimum atomic E-state index is 0.159. The van der Waals surface area contributed by atoms with Crippen molar-refractivity contribution < 1.29 is 0 Å². The van der Waals surface area contributed by atoms with Crippen LogP contribution in [-0.4, -0.2) is 15.0 Å². The van der Waals surface area contributed by atoms with E-state index in [4.69, 9.17) is 11.5 Å². The van der Waals surface area contributed by atoms with Crippen LogP contribution in [0.5, 0.6) is 0 Å². The first kappa shape index (κ1) is 6.46. The fraction of sp³-hybridized carbons (Fsp3) is 0. The van der Waals surface area contributed by atoms with Gasteiger partial charge < -0.3 is 11.5 Å². The van der Waals surface area contributed by atoms with Crippen molar-refractivity contribution in [3.63, 3.8) is 0 Å². The average molecular weight is 237 g/mol. The highest BCUT2D eigenvalue weighted by Crippen LogP contribution is 1.99. The first-order valence-electron chi connectivity index (χ1n) is 2.11. The number of hydrogen-bond acceptors (Lipinski definition) is 5. The summed E-state index contributed by atoms with van der Waals surface area (Å²) >= 11 is 1.91. The van der Waals surface area contributed by atoms with E-state index >= 15 is 0 Å². The summed E-state index contributed by atoms with van der Waals surface area (Å²) in [6.45, 7) is 0. The summed E-state index contributed by atoms with van der Waals surface area (Å²) < 4.78 is 0.512. The maximum absolute atomic E-state index is 5.21. The fourth-order valence-corrected chi connectivity index (χ4v) is 0.876. The molecule has 0 spiro atoms. The van der Waals surface area contributed by atoms with Gasteiger partial charge >= 0.3 is 0 Å². The molecule has 0 radical (unpaired) electrons. The summed E-state index contributed by atoms with van der Waals surface area (Å²) in [4.78, 5) is 11.0. The molecule has 1 aromatic rings. The first-order valence-corrected chi connectivity index (χ1v) is 3.19. The normalized spacial score (nSPS) is 9.44. The highest BCUT2D eigenvalue weighted by Gasteiger charge is 1.94. The molecule has 4 N–H and O–H groups in total. The lowest BCUT2D eigenvalue weighted by Gasteiger charge is -1.92. The Morgan fingerprint density at radius 3 is 1.78 bits per heavy atom. The predicted molar refractivity (Wildman–Crippen MR) is 41.4 cm³/mol. The lowest BCUT2D eigenvalue weighted by molar-refractivity contribution is 1.04. The lowest BCUT2D eigenvalue weighted by Crippen LogP contribution is -2.03. The first-order chi connectivity index (χ1) is 4.18. The molecule has 1 rings (SSSR count). The quantitative estimate of drug-likeness (QED) is 0.601. The monoisotopic (exact) mass is 237 g/mol. The number of nitrogen functional groups attached to an aromatic ring is 2. The van der Waals surface area contributed by atoms with E-state index in [0.717, 1.165) is 0 Å². The predicted octanol–water partition coefficient (Wildman–Crippen LogP) is -0.359. The lowest BCUT2D eigenvalue weighted by atomic mass is 10.9. The molecule has 0 bridgehead atoms. The van der Waals surface area contributed by atoms with Gasteiger partial charge in [0.05, 0.1) is 0 Å². The van der Waals surface area contributed by atoms with Crippen LogP contribution in [0.2, 0.25) is 0 Å². The van der Waals surface area contributed by atoms with Crippen LogP contribution in [0.4, 0.5) is 11.9 Å². The van der Waals surface area contributed by atoms with E-state index in [1.807, 2.05) is 22.6 Å². The van der Waals surface area contributed by atoms with Crippen LogP contribution in [0.1, 0.15) is 0 Å². The zero-order valence-corrected chi connectivity index (χ0v) is 6.53. The van der Waals surface area contributed by atoms with Crippen molar-refractivity contribution in [3.05, 3.63) is 3.83 Å². The summed E-state index contributed by atoms with van der Waals surface area (Å²) in [5.41, 5.74) is 10.4. The fourth-order valence-electron chi connectivity index (χ4n) is 0.381. The highest BCUT2D eigenvalue weighted by molar-refractivity contribution is 14.1. The van der Waals surface area contributed by atoms with Crippen molar-refractivity contribution in [2.75, 3.05) is 11.5 Å². The van der Waals surface area contributed by atoms with Gasteiger partial charge in [-0.15, -0.1) is 0 Å². The summed E-state index contributed by atoms with van der Waals surface area (Å²) in [5.74, 6) is 0.318. The van der Waals surface area contributed by atoms with Crippen molar-refractivity contribution in [3.8, 4) is 0 Å². The third kappa shape index (κ3) is 1.63.